The van der Waals surface area contributed by atoms with E-state index < -0.39 is 23.7 Å². The van der Waals surface area contributed by atoms with Gasteiger partial charge in [0.2, 0.25) is 0 Å². The van der Waals surface area contributed by atoms with E-state index in [0.717, 1.165) is 0 Å². The molecule has 0 saturated carbocycles. The molecule has 1 aromatic carbocycles. The Kier molecular flexibility index (Phi) is 6.26. The van der Waals surface area contributed by atoms with Crippen LogP contribution >= 0.6 is 0 Å². The molecule has 0 unspecified atom stereocenters. The molecule has 1 aromatic heterocycles. The summed E-state index contributed by atoms with van der Waals surface area (Å²) in [5, 5.41) is 18.0. The lowest BCUT2D eigenvalue weighted by molar-refractivity contribution is -0.140. The number of aromatic amines is 1. The molecule has 2 N–H and O–H groups in total. The molecule has 2 heterocycles. The highest BCUT2D eigenvalue weighted by Crippen LogP contribution is 2.40. The van der Waals surface area contributed by atoms with Crippen LogP contribution in [0, 0.1) is 13.8 Å². The van der Waals surface area contributed by atoms with Crippen LogP contribution in [0.1, 0.15) is 38.9 Å². The summed E-state index contributed by atoms with van der Waals surface area (Å²) in [5.41, 5.74) is 2.47. The molecule has 1 amide bonds. The number of carbonyl (C=O) groups is 3. The van der Waals surface area contributed by atoms with E-state index in [0.29, 0.717) is 41.2 Å². The molecule has 9 nitrogen and oxygen atoms in total. The van der Waals surface area contributed by atoms with Crippen molar-refractivity contribution < 1.29 is 24.2 Å². The number of carbonyl (C=O) groups excluding carboxylic acids is 3. The number of rotatable bonds is 6. The van der Waals surface area contributed by atoms with Crippen LogP contribution in [-0.4, -0.2) is 77.1 Å². The van der Waals surface area contributed by atoms with E-state index in [-0.39, 0.29) is 11.3 Å². The summed E-state index contributed by atoms with van der Waals surface area (Å²) >= 11 is 0. The number of hydrogen-bond donors (Lipinski definition) is 2. The van der Waals surface area contributed by atoms with E-state index in [1.807, 2.05) is 19.0 Å². The van der Waals surface area contributed by atoms with Gasteiger partial charge >= 0.3 is 5.97 Å². The first-order chi connectivity index (χ1) is 14.7. The summed E-state index contributed by atoms with van der Waals surface area (Å²) < 4.78 is 4.73. The fourth-order valence-corrected chi connectivity index (χ4v) is 3.72. The molecule has 1 fully saturated rings. The fourth-order valence-electron chi connectivity index (χ4n) is 3.72. The number of nitrogens with zero attached hydrogens (tertiary/aromatic N) is 3. The molecular formula is C22H26N4O5. The van der Waals surface area contributed by atoms with Gasteiger partial charge in [0.15, 0.2) is 0 Å². The predicted octanol–water partition coefficient (Wildman–Crippen LogP) is 1.80. The van der Waals surface area contributed by atoms with Gasteiger partial charge in [-0.25, -0.2) is 4.79 Å². The molecule has 9 heteroatoms. The number of esters is 1. The normalized spacial score (nSPS) is 18.1. The maximum absolute atomic E-state index is 13.0. The number of aromatic nitrogens is 2. The van der Waals surface area contributed by atoms with Crippen molar-refractivity contribution in [2.45, 2.75) is 19.9 Å². The first-order valence-electron chi connectivity index (χ1n) is 9.80. The van der Waals surface area contributed by atoms with Gasteiger partial charge in [-0.1, -0.05) is 12.1 Å². The van der Waals surface area contributed by atoms with Gasteiger partial charge in [0.1, 0.15) is 5.76 Å². The van der Waals surface area contributed by atoms with E-state index >= 15 is 0 Å². The molecule has 0 spiro atoms. The Hall–Kier alpha value is -3.46. The maximum atomic E-state index is 13.0. The second-order valence-electron chi connectivity index (χ2n) is 7.72. The molecular weight excluding hydrogens is 400 g/mol. The van der Waals surface area contributed by atoms with Crippen molar-refractivity contribution in [2.24, 2.45) is 0 Å². The summed E-state index contributed by atoms with van der Waals surface area (Å²) in [6, 6.07) is 5.67. The summed E-state index contributed by atoms with van der Waals surface area (Å²) in [4.78, 5) is 41.0. The number of ether oxygens (including phenoxy) is 1. The number of nitrogens with one attached hydrogen (secondary N) is 1. The average molecular weight is 426 g/mol. The smallest absolute Gasteiger partial charge is 0.337 e. The SMILES string of the molecule is COC(=O)c1ccc([C@H]2C(=C(O)c3c(C)n[nH]c3C)C(=O)C(=O)N2CCN(C)C)cc1. The van der Waals surface area contributed by atoms with Gasteiger partial charge in [0.25, 0.3) is 11.7 Å². The van der Waals surface area contributed by atoms with Crippen LogP contribution in [0.3, 0.4) is 0 Å². The molecule has 3 rings (SSSR count). The van der Waals surface area contributed by atoms with Gasteiger partial charge in [-0.15, -0.1) is 0 Å². The number of likely N-dealkylation sites (N-methyl/N-ethyl adjacent to an activating group) is 1. The van der Waals surface area contributed by atoms with Gasteiger partial charge in [0.05, 0.1) is 35.5 Å². The number of hydrogen-bond acceptors (Lipinski definition) is 7. The number of Topliss-reactive ketones (excluding diaryl/α,β-unsaturated/α-hetero) is 1. The standard InChI is InChI=1S/C22H26N4O5/c1-12-16(13(2)24-23-12)19(27)17-18(14-6-8-15(9-7-14)22(30)31-5)26(11-10-25(3)4)21(29)20(17)28/h6-9,18,27H,10-11H2,1-5H3,(H,23,24)/t18-/m0/s1. The summed E-state index contributed by atoms with van der Waals surface area (Å²) in [7, 11) is 5.03. The predicted molar refractivity (Wildman–Crippen MR) is 113 cm³/mol. The lowest BCUT2D eigenvalue weighted by atomic mass is 9.94. The number of aliphatic hydroxyl groups excluding tert-OH is 1. The zero-order chi connectivity index (χ0) is 22.9. The number of aryl methyl sites for hydroxylation is 2. The van der Waals surface area contributed by atoms with Crippen LogP contribution in [0.15, 0.2) is 29.8 Å². The fraction of sp³-hybridized carbons (Fsp3) is 0.364. The number of aliphatic hydroxyl groups is 1. The first kappa shape index (κ1) is 22.2. The highest BCUT2D eigenvalue weighted by Gasteiger charge is 2.46. The maximum Gasteiger partial charge on any atom is 0.337 e. The molecule has 0 bridgehead atoms. The van der Waals surface area contributed by atoms with Crippen molar-refractivity contribution in [1.82, 2.24) is 20.0 Å². The minimum absolute atomic E-state index is 0.00201. The lowest BCUT2D eigenvalue weighted by Crippen LogP contribution is -2.35. The number of benzene rings is 1. The second kappa shape index (κ2) is 8.73. The lowest BCUT2D eigenvalue weighted by Gasteiger charge is -2.26. The van der Waals surface area contributed by atoms with Crippen LogP contribution in [0.4, 0.5) is 0 Å². The zero-order valence-electron chi connectivity index (χ0n) is 18.2. The zero-order valence-corrected chi connectivity index (χ0v) is 18.2. The molecule has 2 aromatic rings. The van der Waals surface area contributed by atoms with Gasteiger partial charge in [-0.3, -0.25) is 14.7 Å². The summed E-state index contributed by atoms with van der Waals surface area (Å²) in [6.07, 6.45) is 0. The Morgan fingerprint density at radius 2 is 1.87 bits per heavy atom. The summed E-state index contributed by atoms with van der Waals surface area (Å²) in [6.45, 7) is 4.27. The minimum Gasteiger partial charge on any atom is -0.507 e. The average Bonchev–Trinajstić information content (AvgIpc) is 3.21. The number of ketones is 1. The monoisotopic (exact) mass is 426 g/mol. The molecule has 1 aliphatic rings. The number of methoxy groups -OCH3 is 1. The van der Waals surface area contributed by atoms with Crippen molar-refractivity contribution >= 4 is 23.4 Å². The van der Waals surface area contributed by atoms with Gasteiger partial charge in [-0.05, 0) is 45.6 Å². The van der Waals surface area contributed by atoms with Crippen LogP contribution in [0.5, 0.6) is 0 Å². The first-order valence-corrected chi connectivity index (χ1v) is 9.80. The Morgan fingerprint density at radius 1 is 1.23 bits per heavy atom. The van der Waals surface area contributed by atoms with Gasteiger partial charge < -0.3 is 19.6 Å². The molecule has 164 valence electrons. The second-order valence-corrected chi connectivity index (χ2v) is 7.72. The van der Waals surface area contributed by atoms with E-state index in [1.54, 1.807) is 38.1 Å². The molecule has 31 heavy (non-hydrogen) atoms. The van der Waals surface area contributed by atoms with Crippen molar-refractivity contribution in [3.8, 4) is 0 Å². The quantitative estimate of drug-likeness (QED) is 0.313. The Balaban J connectivity index is 2.16. The van der Waals surface area contributed by atoms with Crippen LogP contribution < -0.4 is 0 Å². The van der Waals surface area contributed by atoms with Crippen molar-refractivity contribution in [3.05, 3.63) is 57.9 Å². The Bertz CT molecular complexity index is 1030. The van der Waals surface area contributed by atoms with Gasteiger partial charge in [0, 0.05) is 18.8 Å². The third-order valence-electron chi connectivity index (χ3n) is 5.34. The van der Waals surface area contributed by atoms with Crippen molar-refractivity contribution in [1.29, 1.82) is 0 Å². The van der Waals surface area contributed by atoms with E-state index in [9.17, 15) is 19.5 Å². The highest BCUT2D eigenvalue weighted by molar-refractivity contribution is 6.46. The highest BCUT2D eigenvalue weighted by atomic mass is 16.5. The summed E-state index contributed by atoms with van der Waals surface area (Å²) in [5.74, 6) is -2.18. The van der Waals surface area contributed by atoms with Crippen molar-refractivity contribution in [2.75, 3.05) is 34.3 Å². The van der Waals surface area contributed by atoms with Crippen LogP contribution in [0.2, 0.25) is 0 Å². The molecule has 1 aliphatic heterocycles. The Labute approximate surface area is 180 Å². The van der Waals surface area contributed by atoms with E-state index in [2.05, 4.69) is 10.2 Å². The number of H-pyrrole nitrogens is 1. The molecule has 0 aliphatic carbocycles. The topological polar surface area (TPSA) is 116 Å². The van der Waals surface area contributed by atoms with Gasteiger partial charge in [-0.2, -0.15) is 5.10 Å². The third-order valence-corrected chi connectivity index (χ3v) is 5.34. The van der Waals surface area contributed by atoms with E-state index in [4.69, 9.17) is 4.74 Å². The molecule has 0 radical (unpaired) electrons. The molecule has 1 saturated heterocycles. The van der Waals surface area contributed by atoms with Crippen LogP contribution in [0.25, 0.3) is 5.76 Å². The van der Waals surface area contributed by atoms with Crippen molar-refractivity contribution in [3.63, 3.8) is 0 Å². The van der Waals surface area contributed by atoms with E-state index in [1.165, 1.54) is 12.0 Å². The number of likely N-dealkylation sites (tertiary alicyclic amines) is 1. The third kappa shape index (κ3) is 4.09. The van der Waals surface area contributed by atoms with Crippen LogP contribution in [-0.2, 0) is 14.3 Å². The molecule has 1 atom stereocenters. The number of amides is 1. The minimum atomic E-state index is -0.791. The largest absolute Gasteiger partial charge is 0.507 e. The Morgan fingerprint density at radius 3 is 2.39 bits per heavy atom.